The maximum Gasteiger partial charge on any atom is 0.305 e. The summed E-state index contributed by atoms with van der Waals surface area (Å²) in [5.41, 5.74) is 0. The molecule has 27 heavy (non-hydrogen) atoms. The first-order valence-corrected chi connectivity index (χ1v) is 10.9. The van der Waals surface area contributed by atoms with Crippen LogP contribution in [0.1, 0.15) is 104 Å². The van der Waals surface area contributed by atoms with Gasteiger partial charge in [-0.2, -0.15) is 0 Å². The van der Waals surface area contributed by atoms with Gasteiger partial charge in [0.15, 0.2) is 0 Å². The quantitative estimate of drug-likeness (QED) is 0.136. The number of carbonyl (C=O) groups is 1. The van der Waals surface area contributed by atoms with E-state index in [0.29, 0.717) is 6.42 Å². The number of carbonyl (C=O) groups excluding carboxylic acids is 1. The lowest BCUT2D eigenvalue weighted by Crippen LogP contribution is -2.38. The standard InChI is InChI=1S/C22H42O5/c1-3-4-5-6-7-8-9-10-11-12-13-14-15-16-17-18-21(23)27-19-20(2)22(24,25)26/h10-11,20,24-26H,3-9,12-19H2,1-2H3/b11-10-. The molecule has 0 saturated carbocycles. The molecule has 5 heteroatoms. The van der Waals surface area contributed by atoms with Gasteiger partial charge < -0.3 is 20.1 Å². The second-order valence-electron chi connectivity index (χ2n) is 7.61. The summed E-state index contributed by atoms with van der Waals surface area (Å²) in [6.07, 6.45) is 20.7. The van der Waals surface area contributed by atoms with E-state index in [1.165, 1.54) is 64.7 Å². The van der Waals surface area contributed by atoms with E-state index in [9.17, 15) is 4.79 Å². The Morgan fingerprint density at radius 3 is 1.85 bits per heavy atom. The molecule has 0 amide bonds. The summed E-state index contributed by atoms with van der Waals surface area (Å²) >= 11 is 0. The van der Waals surface area contributed by atoms with Crippen molar-refractivity contribution in [3.63, 3.8) is 0 Å². The third kappa shape index (κ3) is 18.2. The van der Waals surface area contributed by atoms with E-state index in [1.807, 2.05) is 0 Å². The number of unbranched alkanes of at least 4 members (excludes halogenated alkanes) is 11. The highest BCUT2D eigenvalue weighted by molar-refractivity contribution is 5.69. The Labute approximate surface area is 165 Å². The van der Waals surface area contributed by atoms with E-state index >= 15 is 0 Å². The lowest BCUT2D eigenvalue weighted by molar-refractivity contribution is -0.342. The highest BCUT2D eigenvalue weighted by Crippen LogP contribution is 2.12. The number of hydrogen-bond acceptors (Lipinski definition) is 5. The largest absolute Gasteiger partial charge is 0.465 e. The number of hydrogen-bond donors (Lipinski definition) is 3. The molecular weight excluding hydrogens is 344 g/mol. The lowest BCUT2D eigenvalue weighted by Gasteiger charge is -2.21. The highest BCUT2D eigenvalue weighted by Gasteiger charge is 2.28. The molecule has 5 nitrogen and oxygen atoms in total. The van der Waals surface area contributed by atoms with Crippen LogP contribution in [0, 0.1) is 5.92 Å². The van der Waals surface area contributed by atoms with Crippen LogP contribution < -0.4 is 0 Å². The van der Waals surface area contributed by atoms with Gasteiger partial charge >= 0.3 is 5.97 Å². The maximum absolute atomic E-state index is 11.5. The van der Waals surface area contributed by atoms with Crippen LogP contribution in [0.3, 0.4) is 0 Å². The first kappa shape index (κ1) is 26.1. The molecule has 3 N–H and O–H groups in total. The molecule has 0 fully saturated rings. The van der Waals surface area contributed by atoms with Gasteiger partial charge in [0.25, 0.3) is 5.97 Å². The first-order valence-electron chi connectivity index (χ1n) is 10.9. The minimum atomic E-state index is -2.80. The number of aliphatic hydroxyl groups is 3. The Balaban J connectivity index is 3.35. The summed E-state index contributed by atoms with van der Waals surface area (Å²) in [7, 11) is 0. The van der Waals surface area contributed by atoms with Crippen LogP contribution in [0.5, 0.6) is 0 Å². The fourth-order valence-electron chi connectivity index (χ4n) is 2.74. The predicted octanol–water partition coefficient (Wildman–Crippen LogP) is 4.83. The molecule has 0 bridgehead atoms. The van der Waals surface area contributed by atoms with Crippen LogP contribution in [0.4, 0.5) is 0 Å². The van der Waals surface area contributed by atoms with Crippen molar-refractivity contribution in [3.05, 3.63) is 12.2 Å². The fraction of sp³-hybridized carbons (Fsp3) is 0.864. The molecular formula is C22H42O5. The van der Waals surface area contributed by atoms with Gasteiger partial charge in [0.1, 0.15) is 6.61 Å². The van der Waals surface area contributed by atoms with Crippen molar-refractivity contribution < 1.29 is 24.9 Å². The molecule has 0 aliphatic carbocycles. The van der Waals surface area contributed by atoms with Crippen molar-refractivity contribution in [2.45, 2.75) is 110 Å². The van der Waals surface area contributed by atoms with Gasteiger partial charge in [-0.15, -0.1) is 0 Å². The molecule has 0 radical (unpaired) electrons. The van der Waals surface area contributed by atoms with Gasteiger partial charge in [-0.1, -0.05) is 77.4 Å². The Kier molecular flexibility index (Phi) is 16.6. The average Bonchev–Trinajstić information content (AvgIpc) is 2.62. The normalized spacial score (nSPS) is 13.2. The maximum atomic E-state index is 11.5. The third-order valence-electron chi connectivity index (χ3n) is 4.80. The Morgan fingerprint density at radius 2 is 1.33 bits per heavy atom. The predicted molar refractivity (Wildman–Crippen MR) is 109 cm³/mol. The topological polar surface area (TPSA) is 87.0 Å². The number of esters is 1. The van der Waals surface area contributed by atoms with Crippen LogP contribution in [0.15, 0.2) is 12.2 Å². The molecule has 0 saturated heterocycles. The number of allylic oxidation sites excluding steroid dienone is 2. The Hall–Kier alpha value is -0.910. The van der Waals surface area contributed by atoms with Crippen LogP contribution in [0.2, 0.25) is 0 Å². The zero-order chi connectivity index (χ0) is 20.4. The molecule has 0 aliphatic rings. The summed E-state index contributed by atoms with van der Waals surface area (Å²) in [6.45, 7) is 3.44. The van der Waals surface area contributed by atoms with Gasteiger partial charge in [-0.3, -0.25) is 4.79 Å². The minimum absolute atomic E-state index is 0.201. The van der Waals surface area contributed by atoms with Crippen molar-refractivity contribution in [3.8, 4) is 0 Å². The summed E-state index contributed by atoms with van der Waals surface area (Å²) in [5.74, 6) is -4.09. The molecule has 160 valence electrons. The molecule has 0 rings (SSSR count). The molecule has 0 aliphatic heterocycles. The molecule has 0 aromatic heterocycles. The third-order valence-corrected chi connectivity index (χ3v) is 4.80. The van der Waals surface area contributed by atoms with E-state index in [0.717, 1.165) is 25.7 Å². The van der Waals surface area contributed by atoms with Crippen molar-refractivity contribution in [2.24, 2.45) is 5.92 Å². The molecule has 0 heterocycles. The van der Waals surface area contributed by atoms with Crippen LogP contribution in [0.25, 0.3) is 0 Å². The summed E-state index contributed by atoms with van der Waals surface area (Å²) in [6, 6.07) is 0. The minimum Gasteiger partial charge on any atom is -0.465 e. The second-order valence-corrected chi connectivity index (χ2v) is 7.61. The van der Waals surface area contributed by atoms with Gasteiger partial charge in [0, 0.05) is 6.42 Å². The summed E-state index contributed by atoms with van der Waals surface area (Å²) < 4.78 is 4.92. The Bertz CT molecular complexity index is 373. The average molecular weight is 387 g/mol. The van der Waals surface area contributed by atoms with E-state index in [-0.39, 0.29) is 12.6 Å². The molecule has 0 aromatic carbocycles. The lowest BCUT2D eigenvalue weighted by atomic mass is 10.1. The van der Waals surface area contributed by atoms with Crippen molar-refractivity contribution in [1.82, 2.24) is 0 Å². The zero-order valence-corrected chi connectivity index (χ0v) is 17.5. The second kappa shape index (κ2) is 17.2. The van der Waals surface area contributed by atoms with E-state index in [2.05, 4.69) is 19.1 Å². The van der Waals surface area contributed by atoms with Crippen molar-refractivity contribution >= 4 is 5.97 Å². The fourth-order valence-corrected chi connectivity index (χ4v) is 2.74. The zero-order valence-electron chi connectivity index (χ0n) is 17.5. The van der Waals surface area contributed by atoms with Crippen molar-refractivity contribution in [1.29, 1.82) is 0 Å². The van der Waals surface area contributed by atoms with E-state index in [1.54, 1.807) is 0 Å². The van der Waals surface area contributed by atoms with E-state index < -0.39 is 11.9 Å². The van der Waals surface area contributed by atoms with Crippen LogP contribution >= 0.6 is 0 Å². The summed E-state index contributed by atoms with van der Waals surface area (Å²) in [5, 5.41) is 26.8. The Morgan fingerprint density at radius 1 is 0.852 bits per heavy atom. The molecule has 0 spiro atoms. The van der Waals surface area contributed by atoms with Gasteiger partial charge in [-0.25, -0.2) is 0 Å². The first-order chi connectivity index (χ1) is 12.9. The highest BCUT2D eigenvalue weighted by atomic mass is 16.7. The SMILES string of the molecule is CCCCCCCC/C=C\CCCCCCCC(=O)OCC(C)C(O)(O)O. The van der Waals surface area contributed by atoms with Crippen LogP contribution in [-0.4, -0.2) is 33.9 Å². The van der Waals surface area contributed by atoms with E-state index in [4.69, 9.17) is 20.1 Å². The number of rotatable bonds is 18. The molecule has 1 unspecified atom stereocenters. The summed E-state index contributed by atoms with van der Waals surface area (Å²) in [4.78, 5) is 11.5. The smallest absolute Gasteiger partial charge is 0.305 e. The monoisotopic (exact) mass is 386 g/mol. The van der Waals surface area contributed by atoms with Crippen LogP contribution in [-0.2, 0) is 9.53 Å². The van der Waals surface area contributed by atoms with Gasteiger partial charge in [0.05, 0.1) is 5.92 Å². The molecule has 1 atom stereocenters. The van der Waals surface area contributed by atoms with Gasteiger partial charge in [0.2, 0.25) is 0 Å². The number of ether oxygens (including phenoxy) is 1. The molecule has 0 aromatic rings. The van der Waals surface area contributed by atoms with Gasteiger partial charge in [-0.05, 0) is 32.1 Å². The van der Waals surface area contributed by atoms with Crippen molar-refractivity contribution in [2.75, 3.05) is 6.61 Å².